The van der Waals surface area contributed by atoms with Gasteiger partial charge in [0.2, 0.25) is 0 Å². The molecule has 2 heteroatoms. The van der Waals surface area contributed by atoms with Crippen molar-refractivity contribution < 1.29 is 0 Å². The van der Waals surface area contributed by atoms with Crippen LogP contribution in [0.5, 0.6) is 0 Å². The van der Waals surface area contributed by atoms with Gasteiger partial charge in [0.1, 0.15) is 0 Å². The first-order valence-electron chi connectivity index (χ1n) is 6.22. The molecule has 2 saturated heterocycles. The molecule has 1 N–H and O–H groups in total. The number of hydrogen-bond donors (Lipinski definition) is 1. The van der Waals surface area contributed by atoms with Crippen LogP contribution in [0.15, 0.2) is 0 Å². The fourth-order valence-corrected chi connectivity index (χ4v) is 2.89. The quantitative estimate of drug-likeness (QED) is 0.725. The Kier molecular flexibility index (Phi) is 3.45. The van der Waals surface area contributed by atoms with E-state index in [0.717, 1.165) is 18.0 Å². The van der Waals surface area contributed by atoms with Crippen molar-refractivity contribution in [2.75, 3.05) is 19.6 Å². The lowest BCUT2D eigenvalue weighted by Gasteiger charge is -2.31. The van der Waals surface area contributed by atoms with E-state index in [1.807, 2.05) is 0 Å². The van der Waals surface area contributed by atoms with Crippen molar-refractivity contribution in [3.8, 4) is 0 Å². The van der Waals surface area contributed by atoms with E-state index >= 15 is 0 Å². The molecule has 2 aliphatic rings. The number of hydrogen-bond acceptors (Lipinski definition) is 2. The molecule has 0 spiro atoms. The number of likely N-dealkylation sites (tertiary alicyclic amines) is 1. The van der Waals surface area contributed by atoms with E-state index in [-0.39, 0.29) is 0 Å². The smallest absolute Gasteiger partial charge is 0.0197 e. The average Bonchev–Trinajstić information content (AvgIpc) is 2.51. The van der Waals surface area contributed by atoms with Gasteiger partial charge >= 0.3 is 0 Å². The molecule has 0 radical (unpaired) electrons. The first kappa shape index (κ1) is 10.4. The van der Waals surface area contributed by atoms with Gasteiger partial charge in [0, 0.05) is 25.2 Å². The summed E-state index contributed by atoms with van der Waals surface area (Å²) in [6.45, 7) is 8.63. The zero-order valence-corrected chi connectivity index (χ0v) is 9.63. The zero-order chi connectivity index (χ0) is 9.97. The van der Waals surface area contributed by atoms with E-state index in [1.54, 1.807) is 0 Å². The summed E-state index contributed by atoms with van der Waals surface area (Å²) in [5.41, 5.74) is 0. The predicted molar refractivity (Wildman–Crippen MR) is 60.5 cm³/mol. The fourth-order valence-electron chi connectivity index (χ4n) is 2.89. The lowest BCUT2D eigenvalue weighted by molar-refractivity contribution is 0.237. The molecular formula is C12H24N2. The molecular weight excluding hydrogens is 172 g/mol. The Morgan fingerprint density at radius 1 is 1.21 bits per heavy atom. The van der Waals surface area contributed by atoms with Gasteiger partial charge in [-0.3, -0.25) is 0 Å². The third-order valence-electron chi connectivity index (χ3n) is 3.70. The number of nitrogens with zero attached hydrogens (tertiary/aromatic N) is 1. The Hall–Kier alpha value is -0.0800. The first-order chi connectivity index (χ1) is 6.74. The first-order valence-corrected chi connectivity index (χ1v) is 6.22. The summed E-state index contributed by atoms with van der Waals surface area (Å²) < 4.78 is 0. The Bertz CT molecular complexity index is 181. The van der Waals surface area contributed by atoms with Crippen LogP contribution < -0.4 is 5.32 Å². The molecule has 82 valence electrons. The second kappa shape index (κ2) is 4.63. The average molecular weight is 196 g/mol. The van der Waals surface area contributed by atoms with Crippen LogP contribution in [-0.2, 0) is 0 Å². The molecule has 2 fully saturated rings. The van der Waals surface area contributed by atoms with E-state index in [4.69, 9.17) is 0 Å². The van der Waals surface area contributed by atoms with Crippen LogP contribution >= 0.6 is 0 Å². The van der Waals surface area contributed by atoms with Gasteiger partial charge in [-0.1, -0.05) is 13.3 Å². The van der Waals surface area contributed by atoms with E-state index < -0.39 is 0 Å². The van der Waals surface area contributed by atoms with Crippen LogP contribution in [0.3, 0.4) is 0 Å². The van der Waals surface area contributed by atoms with E-state index in [2.05, 4.69) is 24.1 Å². The third-order valence-corrected chi connectivity index (χ3v) is 3.70. The summed E-state index contributed by atoms with van der Waals surface area (Å²) in [6.07, 6.45) is 5.58. The second-order valence-electron chi connectivity index (χ2n) is 5.35. The highest BCUT2D eigenvalue weighted by atomic mass is 15.2. The number of piperidine rings is 1. The summed E-state index contributed by atoms with van der Waals surface area (Å²) in [6, 6.07) is 1.51. The molecule has 0 aliphatic carbocycles. The van der Waals surface area contributed by atoms with Crippen molar-refractivity contribution in [2.45, 2.75) is 51.6 Å². The molecule has 0 saturated carbocycles. The van der Waals surface area contributed by atoms with Gasteiger partial charge in [-0.15, -0.1) is 0 Å². The molecule has 0 amide bonds. The molecule has 3 atom stereocenters. The number of rotatable bonds is 2. The molecule has 3 unspecified atom stereocenters. The highest BCUT2D eigenvalue weighted by Gasteiger charge is 2.24. The minimum atomic E-state index is 0.744. The molecule has 2 rings (SSSR count). The second-order valence-corrected chi connectivity index (χ2v) is 5.35. The van der Waals surface area contributed by atoms with E-state index in [0.29, 0.717) is 0 Å². The maximum absolute atomic E-state index is 3.72. The highest BCUT2D eigenvalue weighted by molar-refractivity contribution is 4.83. The normalized spacial score (nSPS) is 40.3. The number of nitrogens with one attached hydrogen (secondary N) is 1. The topological polar surface area (TPSA) is 15.3 Å². The zero-order valence-electron chi connectivity index (χ0n) is 9.63. The van der Waals surface area contributed by atoms with Gasteiger partial charge in [0.25, 0.3) is 0 Å². The molecule has 0 aromatic rings. The van der Waals surface area contributed by atoms with Crippen molar-refractivity contribution >= 4 is 0 Å². The van der Waals surface area contributed by atoms with Gasteiger partial charge in [-0.25, -0.2) is 0 Å². The van der Waals surface area contributed by atoms with Crippen molar-refractivity contribution in [3.05, 3.63) is 0 Å². The monoisotopic (exact) mass is 196 g/mol. The molecule has 0 aromatic heterocycles. The Morgan fingerprint density at radius 2 is 2.07 bits per heavy atom. The van der Waals surface area contributed by atoms with Crippen LogP contribution in [0.25, 0.3) is 0 Å². The largest absolute Gasteiger partial charge is 0.310 e. The molecule has 2 heterocycles. The highest BCUT2D eigenvalue weighted by Crippen LogP contribution is 2.18. The lowest BCUT2D eigenvalue weighted by Crippen LogP contribution is -2.46. The summed E-state index contributed by atoms with van der Waals surface area (Å²) >= 11 is 0. The molecule has 14 heavy (non-hydrogen) atoms. The van der Waals surface area contributed by atoms with Crippen LogP contribution in [-0.4, -0.2) is 36.6 Å². The van der Waals surface area contributed by atoms with Crippen molar-refractivity contribution in [3.63, 3.8) is 0 Å². The van der Waals surface area contributed by atoms with E-state index in [9.17, 15) is 0 Å². The lowest BCUT2D eigenvalue weighted by atomic mass is 9.99. The Labute approximate surface area is 88.1 Å². The van der Waals surface area contributed by atoms with Gasteiger partial charge < -0.3 is 10.2 Å². The van der Waals surface area contributed by atoms with Crippen molar-refractivity contribution in [2.24, 2.45) is 5.92 Å². The Morgan fingerprint density at radius 3 is 2.71 bits per heavy atom. The fraction of sp³-hybridized carbons (Fsp3) is 1.00. The predicted octanol–water partition coefficient (Wildman–Crippen LogP) is 1.86. The van der Waals surface area contributed by atoms with Crippen LogP contribution in [0.1, 0.15) is 39.5 Å². The third kappa shape index (κ3) is 2.71. The van der Waals surface area contributed by atoms with Gasteiger partial charge in [-0.2, -0.15) is 0 Å². The molecule has 2 aliphatic heterocycles. The van der Waals surface area contributed by atoms with Crippen molar-refractivity contribution in [1.82, 2.24) is 10.2 Å². The van der Waals surface area contributed by atoms with Crippen molar-refractivity contribution in [1.29, 1.82) is 0 Å². The SMILES string of the molecule is CC1CCN(CC2CCCC(C)N2)C1. The van der Waals surface area contributed by atoms with Gasteiger partial charge in [0.15, 0.2) is 0 Å². The van der Waals surface area contributed by atoms with Gasteiger partial charge in [0.05, 0.1) is 0 Å². The summed E-state index contributed by atoms with van der Waals surface area (Å²) in [5, 5.41) is 3.72. The molecule has 0 aromatic carbocycles. The summed E-state index contributed by atoms with van der Waals surface area (Å²) in [4.78, 5) is 2.64. The Balaban J connectivity index is 1.74. The maximum Gasteiger partial charge on any atom is 0.0197 e. The minimum absolute atomic E-state index is 0.744. The van der Waals surface area contributed by atoms with E-state index in [1.165, 1.54) is 45.3 Å². The van der Waals surface area contributed by atoms with Crippen LogP contribution in [0.2, 0.25) is 0 Å². The minimum Gasteiger partial charge on any atom is -0.310 e. The van der Waals surface area contributed by atoms with Crippen LogP contribution in [0.4, 0.5) is 0 Å². The summed E-state index contributed by atoms with van der Waals surface area (Å²) in [5.74, 6) is 0.927. The molecule has 0 bridgehead atoms. The molecule has 2 nitrogen and oxygen atoms in total. The van der Waals surface area contributed by atoms with Crippen LogP contribution in [0, 0.1) is 5.92 Å². The maximum atomic E-state index is 3.72. The summed E-state index contributed by atoms with van der Waals surface area (Å²) in [7, 11) is 0. The van der Waals surface area contributed by atoms with Gasteiger partial charge in [-0.05, 0) is 38.6 Å². The standard InChI is InChI=1S/C12H24N2/c1-10-6-7-14(8-10)9-12-5-3-4-11(2)13-12/h10-13H,3-9H2,1-2H3.